The molecule has 0 aliphatic heterocycles. The van der Waals surface area contributed by atoms with Gasteiger partial charge in [-0.15, -0.1) is 0 Å². The highest BCUT2D eigenvalue weighted by Gasteiger charge is 2.66. The summed E-state index contributed by atoms with van der Waals surface area (Å²) in [7, 11) is 0. The Morgan fingerprint density at radius 1 is 0.839 bits per heavy atom. The fourth-order valence-electron chi connectivity index (χ4n) is 9.80. The molecular formula is C30H52O. The van der Waals surface area contributed by atoms with Crippen LogP contribution in [0.4, 0.5) is 0 Å². The van der Waals surface area contributed by atoms with Crippen LogP contribution < -0.4 is 0 Å². The summed E-state index contributed by atoms with van der Waals surface area (Å²) in [4.78, 5) is 0. The molecule has 4 aliphatic carbocycles. The summed E-state index contributed by atoms with van der Waals surface area (Å²) in [6.45, 7) is 20.0. The van der Waals surface area contributed by atoms with Crippen molar-refractivity contribution in [1.82, 2.24) is 0 Å². The molecular weight excluding hydrogens is 376 g/mol. The van der Waals surface area contributed by atoms with Gasteiger partial charge in [0, 0.05) is 0 Å². The Morgan fingerprint density at radius 2 is 1.55 bits per heavy atom. The van der Waals surface area contributed by atoms with Crippen LogP contribution in [0.5, 0.6) is 0 Å². The van der Waals surface area contributed by atoms with Gasteiger partial charge in [-0.1, -0.05) is 79.4 Å². The molecule has 0 heterocycles. The predicted molar refractivity (Wildman–Crippen MR) is 133 cm³/mol. The largest absolute Gasteiger partial charge is 0.393 e. The molecule has 178 valence electrons. The van der Waals surface area contributed by atoms with Crippen LogP contribution in [0, 0.1) is 45.3 Å². The summed E-state index contributed by atoms with van der Waals surface area (Å²) >= 11 is 0. The molecule has 0 aromatic carbocycles. The predicted octanol–water partition coefficient (Wildman–Crippen LogP) is 8.56. The lowest BCUT2D eigenvalue weighted by Crippen LogP contribution is -2.62. The molecule has 31 heavy (non-hydrogen) atoms. The highest BCUT2D eigenvalue weighted by atomic mass is 16.3. The molecule has 3 fully saturated rings. The summed E-state index contributed by atoms with van der Waals surface area (Å²) in [5.74, 6) is 3.11. The third-order valence-electron chi connectivity index (χ3n) is 11.9. The highest BCUT2D eigenvalue weighted by molar-refractivity contribution is 5.36. The molecule has 3 saturated carbocycles. The van der Waals surface area contributed by atoms with Crippen LogP contribution in [0.3, 0.4) is 0 Å². The van der Waals surface area contributed by atoms with Gasteiger partial charge in [0.1, 0.15) is 0 Å². The molecule has 1 N–H and O–H groups in total. The first-order valence-corrected chi connectivity index (χ1v) is 13.8. The molecule has 0 aromatic rings. The molecule has 0 bridgehead atoms. The molecule has 0 saturated heterocycles. The number of aliphatic hydroxyl groups excluding tert-OH is 1. The van der Waals surface area contributed by atoms with E-state index in [0.29, 0.717) is 22.2 Å². The Hall–Kier alpha value is -0.300. The van der Waals surface area contributed by atoms with E-state index in [9.17, 15) is 5.11 Å². The zero-order valence-electron chi connectivity index (χ0n) is 22.1. The van der Waals surface area contributed by atoms with Crippen molar-refractivity contribution in [3.63, 3.8) is 0 Å². The fourth-order valence-corrected chi connectivity index (χ4v) is 9.80. The second-order valence-corrected chi connectivity index (χ2v) is 14.0. The topological polar surface area (TPSA) is 20.2 Å². The van der Waals surface area contributed by atoms with Crippen LogP contribution in [-0.2, 0) is 0 Å². The van der Waals surface area contributed by atoms with Gasteiger partial charge in [0.25, 0.3) is 0 Å². The van der Waals surface area contributed by atoms with Crippen LogP contribution in [-0.4, -0.2) is 11.2 Å². The Morgan fingerprint density at radius 3 is 2.23 bits per heavy atom. The lowest BCUT2D eigenvalue weighted by molar-refractivity contribution is -0.200. The summed E-state index contributed by atoms with van der Waals surface area (Å²) in [5, 5.41) is 10.8. The van der Waals surface area contributed by atoms with Crippen molar-refractivity contribution in [2.24, 2.45) is 45.3 Å². The second kappa shape index (κ2) is 7.89. The molecule has 1 heteroatoms. The molecule has 0 spiro atoms. The molecule has 0 radical (unpaired) electrons. The molecule has 0 aromatic heterocycles. The van der Waals surface area contributed by atoms with Crippen molar-refractivity contribution in [3.05, 3.63) is 11.1 Å². The zero-order chi connectivity index (χ0) is 22.8. The first-order valence-electron chi connectivity index (χ1n) is 13.8. The van der Waals surface area contributed by atoms with Crippen molar-refractivity contribution in [2.45, 2.75) is 132 Å². The van der Waals surface area contributed by atoms with Gasteiger partial charge in [-0.2, -0.15) is 0 Å². The molecule has 0 amide bonds. The molecule has 4 rings (SSSR count). The number of hydrogen-bond acceptors (Lipinski definition) is 1. The minimum atomic E-state index is -0.116. The summed E-state index contributed by atoms with van der Waals surface area (Å²) < 4.78 is 0. The molecule has 4 aliphatic rings. The SMILES string of the molecule is CC(C)CCC[C@@H](C)C1=C2CC[C@@H]3[C@@]4(C)CC[C@H](O)C(C)(C)[C@@H]4CC[C@@]3(C)[C@]2(C)CC1. The first-order chi connectivity index (χ1) is 14.4. The minimum Gasteiger partial charge on any atom is -0.393 e. The van der Waals surface area contributed by atoms with E-state index in [-0.39, 0.29) is 11.5 Å². The Kier molecular flexibility index (Phi) is 6.07. The van der Waals surface area contributed by atoms with Gasteiger partial charge < -0.3 is 5.11 Å². The van der Waals surface area contributed by atoms with Gasteiger partial charge in [-0.25, -0.2) is 0 Å². The van der Waals surface area contributed by atoms with E-state index < -0.39 is 0 Å². The smallest absolute Gasteiger partial charge is 0.0594 e. The van der Waals surface area contributed by atoms with Crippen molar-refractivity contribution in [1.29, 1.82) is 0 Å². The maximum Gasteiger partial charge on any atom is 0.0594 e. The fraction of sp³-hybridized carbons (Fsp3) is 0.933. The third-order valence-corrected chi connectivity index (χ3v) is 11.9. The standard InChI is InChI=1S/C30H52O/c1-20(2)10-9-11-21(3)22-14-18-29(7)23(22)12-13-25-28(6)17-16-26(31)27(4,5)24(28)15-19-30(25,29)8/h20-21,24-26,31H,9-19H2,1-8H3/t21-,24+,25-,26+,28+,29-,30-/m1/s1. The van der Waals surface area contributed by atoms with E-state index in [2.05, 4.69) is 55.4 Å². The molecule has 0 unspecified atom stereocenters. The first kappa shape index (κ1) is 23.8. The minimum absolute atomic E-state index is 0.0666. The second-order valence-electron chi connectivity index (χ2n) is 14.0. The van der Waals surface area contributed by atoms with Gasteiger partial charge in [-0.3, -0.25) is 0 Å². The van der Waals surface area contributed by atoms with E-state index in [0.717, 1.165) is 24.2 Å². The zero-order valence-corrected chi connectivity index (χ0v) is 22.1. The van der Waals surface area contributed by atoms with E-state index in [1.165, 1.54) is 64.2 Å². The Labute approximate surface area is 193 Å². The van der Waals surface area contributed by atoms with Crippen LogP contribution in [0.15, 0.2) is 11.1 Å². The lowest BCUT2D eigenvalue weighted by atomic mass is 9.36. The Balaban J connectivity index is 1.62. The number of hydrogen-bond donors (Lipinski definition) is 1. The maximum atomic E-state index is 10.8. The number of allylic oxidation sites excluding steroid dienone is 2. The average Bonchev–Trinajstić information content (AvgIpc) is 3.03. The summed E-state index contributed by atoms with van der Waals surface area (Å²) in [6, 6.07) is 0. The lowest BCUT2D eigenvalue weighted by Gasteiger charge is -2.69. The van der Waals surface area contributed by atoms with Crippen LogP contribution >= 0.6 is 0 Å². The van der Waals surface area contributed by atoms with Gasteiger partial charge in [-0.05, 0) is 103 Å². The quantitative estimate of drug-likeness (QED) is 0.435. The monoisotopic (exact) mass is 428 g/mol. The van der Waals surface area contributed by atoms with E-state index >= 15 is 0 Å². The number of fused-ring (bicyclic) bond motifs is 5. The normalized spacial score (nSPS) is 45.3. The summed E-state index contributed by atoms with van der Waals surface area (Å²) in [5.41, 5.74) is 5.08. The van der Waals surface area contributed by atoms with E-state index in [1.54, 1.807) is 0 Å². The number of rotatable bonds is 5. The van der Waals surface area contributed by atoms with Gasteiger partial charge in [0.15, 0.2) is 0 Å². The van der Waals surface area contributed by atoms with Gasteiger partial charge >= 0.3 is 0 Å². The van der Waals surface area contributed by atoms with Gasteiger partial charge in [0.2, 0.25) is 0 Å². The van der Waals surface area contributed by atoms with Crippen molar-refractivity contribution >= 4 is 0 Å². The maximum absolute atomic E-state index is 10.8. The third kappa shape index (κ3) is 3.41. The van der Waals surface area contributed by atoms with Crippen LogP contribution in [0.2, 0.25) is 0 Å². The number of aliphatic hydroxyl groups is 1. The van der Waals surface area contributed by atoms with Crippen molar-refractivity contribution in [2.75, 3.05) is 0 Å². The van der Waals surface area contributed by atoms with Crippen molar-refractivity contribution < 1.29 is 5.11 Å². The van der Waals surface area contributed by atoms with Crippen LogP contribution in [0.1, 0.15) is 126 Å². The molecule has 1 nitrogen and oxygen atoms in total. The highest BCUT2D eigenvalue weighted by Crippen LogP contribution is 2.74. The average molecular weight is 429 g/mol. The van der Waals surface area contributed by atoms with E-state index in [4.69, 9.17) is 0 Å². The van der Waals surface area contributed by atoms with Crippen LogP contribution in [0.25, 0.3) is 0 Å². The molecule has 7 atom stereocenters. The van der Waals surface area contributed by atoms with Gasteiger partial charge in [0.05, 0.1) is 6.10 Å². The summed E-state index contributed by atoms with van der Waals surface area (Å²) in [6.07, 6.45) is 14.5. The Bertz CT molecular complexity index is 716. The van der Waals surface area contributed by atoms with E-state index in [1.807, 2.05) is 11.1 Å². The van der Waals surface area contributed by atoms with Crippen molar-refractivity contribution in [3.8, 4) is 0 Å².